The van der Waals surface area contributed by atoms with Crippen molar-refractivity contribution in [1.82, 2.24) is 10.6 Å². The zero-order chi connectivity index (χ0) is 8.16. The summed E-state index contributed by atoms with van der Waals surface area (Å²) in [5.74, 6) is 0. The molecule has 0 aromatic rings. The Bertz CT molecular complexity index is 111. The highest BCUT2D eigenvalue weighted by molar-refractivity contribution is 4.86. The quantitative estimate of drug-likeness (QED) is 0.564. The van der Waals surface area contributed by atoms with Crippen molar-refractivity contribution in [2.45, 2.75) is 18.9 Å². The normalized spacial score (nSPS) is 31.1. The Labute approximate surface area is 68.5 Å². The molecule has 1 aliphatic rings. The van der Waals surface area contributed by atoms with Crippen LogP contribution in [0.2, 0.25) is 0 Å². The molecule has 1 rings (SSSR count). The number of nitrogens with one attached hydrogen (secondary N) is 2. The van der Waals surface area contributed by atoms with Crippen molar-refractivity contribution in [2.24, 2.45) is 0 Å². The molecule has 1 atom stereocenters. The van der Waals surface area contributed by atoms with Crippen LogP contribution in [-0.2, 0) is 4.74 Å². The molecule has 66 valence electrons. The average molecular weight is 158 g/mol. The van der Waals surface area contributed by atoms with Crippen LogP contribution < -0.4 is 10.6 Å². The number of hydrogen-bond donors (Lipinski definition) is 2. The molecule has 0 saturated carbocycles. The zero-order valence-electron chi connectivity index (χ0n) is 7.44. The van der Waals surface area contributed by atoms with Gasteiger partial charge in [0.25, 0.3) is 0 Å². The molecule has 2 N–H and O–H groups in total. The second-order valence-electron chi connectivity index (χ2n) is 3.39. The molecule has 0 aliphatic carbocycles. The predicted octanol–water partition coefficient (Wildman–Crippen LogP) is -0.0256. The second kappa shape index (κ2) is 4.04. The first kappa shape index (κ1) is 8.97. The van der Waals surface area contributed by atoms with Gasteiger partial charge in [-0.15, -0.1) is 0 Å². The lowest BCUT2D eigenvalue weighted by atomic mass is 10.0. The SMILES string of the molecule is CNCCNC1(C)CCOC1. The van der Waals surface area contributed by atoms with Crippen LogP contribution in [0.1, 0.15) is 13.3 Å². The summed E-state index contributed by atoms with van der Waals surface area (Å²) in [6, 6.07) is 0. The third-order valence-corrected chi connectivity index (χ3v) is 2.15. The summed E-state index contributed by atoms with van der Waals surface area (Å²) in [4.78, 5) is 0. The summed E-state index contributed by atoms with van der Waals surface area (Å²) in [7, 11) is 1.97. The summed E-state index contributed by atoms with van der Waals surface area (Å²) < 4.78 is 5.31. The van der Waals surface area contributed by atoms with Gasteiger partial charge in [-0.25, -0.2) is 0 Å². The van der Waals surface area contributed by atoms with Crippen molar-refractivity contribution in [3.63, 3.8) is 0 Å². The Morgan fingerprint density at radius 3 is 2.82 bits per heavy atom. The number of ether oxygens (including phenoxy) is 1. The van der Waals surface area contributed by atoms with Gasteiger partial charge < -0.3 is 15.4 Å². The van der Waals surface area contributed by atoms with Gasteiger partial charge in [0.05, 0.1) is 6.61 Å². The lowest BCUT2D eigenvalue weighted by Crippen LogP contribution is -2.45. The highest BCUT2D eigenvalue weighted by Gasteiger charge is 2.28. The van der Waals surface area contributed by atoms with E-state index in [0.717, 1.165) is 32.7 Å². The maximum atomic E-state index is 5.31. The van der Waals surface area contributed by atoms with E-state index in [0.29, 0.717) is 0 Å². The summed E-state index contributed by atoms with van der Waals surface area (Å²) in [6.07, 6.45) is 1.14. The van der Waals surface area contributed by atoms with Crippen molar-refractivity contribution in [1.29, 1.82) is 0 Å². The second-order valence-corrected chi connectivity index (χ2v) is 3.39. The van der Waals surface area contributed by atoms with Gasteiger partial charge in [-0.3, -0.25) is 0 Å². The molecule has 0 aromatic carbocycles. The highest BCUT2D eigenvalue weighted by atomic mass is 16.5. The van der Waals surface area contributed by atoms with Crippen molar-refractivity contribution in [2.75, 3.05) is 33.4 Å². The maximum Gasteiger partial charge on any atom is 0.0646 e. The Morgan fingerprint density at radius 2 is 2.27 bits per heavy atom. The standard InChI is InChI=1S/C8H18N2O/c1-8(3-6-11-7-8)10-5-4-9-2/h9-10H,3-7H2,1-2H3. The highest BCUT2D eigenvalue weighted by Crippen LogP contribution is 2.16. The minimum absolute atomic E-state index is 0.233. The molecule has 0 spiro atoms. The van der Waals surface area contributed by atoms with Gasteiger partial charge in [0.1, 0.15) is 0 Å². The van der Waals surface area contributed by atoms with Gasteiger partial charge in [0, 0.05) is 25.2 Å². The lowest BCUT2D eigenvalue weighted by Gasteiger charge is -2.23. The van der Waals surface area contributed by atoms with E-state index in [-0.39, 0.29) is 5.54 Å². The summed E-state index contributed by atoms with van der Waals surface area (Å²) >= 11 is 0. The smallest absolute Gasteiger partial charge is 0.0646 e. The summed E-state index contributed by atoms with van der Waals surface area (Å²) in [6.45, 7) is 6.03. The van der Waals surface area contributed by atoms with Crippen molar-refractivity contribution >= 4 is 0 Å². The number of hydrogen-bond acceptors (Lipinski definition) is 3. The van der Waals surface area contributed by atoms with Gasteiger partial charge in [0.15, 0.2) is 0 Å². The van der Waals surface area contributed by atoms with Crippen LogP contribution in [0.4, 0.5) is 0 Å². The van der Waals surface area contributed by atoms with Gasteiger partial charge >= 0.3 is 0 Å². The first-order valence-electron chi connectivity index (χ1n) is 4.24. The Hall–Kier alpha value is -0.120. The van der Waals surface area contributed by atoms with Crippen LogP contribution in [0.15, 0.2) is 0 Å². The van der Waals surface area contributed by atoms with Crippen LogP contribution in [-0.4, -0.2) is 38.9 Å². The lowest BCUT2D eigenvalue weighted by molar-refractivity contribution is 0.172. The fourth-order valence-electron chi connectivity index (χ4n) is 1.30. The molecule has 0 amide bonds. The Morgan fingerprint density at radius 1 is 1.45 bits per heavy atom. The molecule has 1 heterocycles. The Balaban J connectivity index is 2.13. The van der Waals surface area contributed by atoms with E-state index in [1.54, 1.807) is 0 Å². The molecule has 1 saturated heterocycles. The average Bonchev–Trinajstić information content (AvgIpc) is 2.38. The third kappa shape index (κ3) is 2.77. The monoisotopic (exact) mass is 158 g/mol. The molecule has 3 nitrogen and oxygen atoms in total. The van der Waals surface area contributed by atoms with Crippen molar-refractivity contribution in [3.8, 4) is 0 Å². The fourth-order valence-corrected chi connectivity index (χ4v) is 1.30. The van der Waals surface area contributed by atoms with Gasteiger partial charge in [-0.2, -0.15) is 0 Å². The van der Waals surface area contributed by atoms with E-state index in [1.165, 1.54) is 0 Å². The van der Waals surface area contributed by atoms with E-state index >= 15 is 0 Å². The summed E-state index contributed by atoms with van der Waals surface area (Å²) in [5, 5.41) is 6.58. The van der Waals surface area contributed by atoms with E-state index in [4.69, 9.17) is 4.74 Å². The van der Waals surface area contributed by atoms with E-state index in [9.17, 15) is 0 Å². The van der Waals surface area contributed by atoms with Crippen molar-refractivity contribution < 1.29 is 4.74 Å². The molecule has 3 heteroatoms. The molecular formula is C8H18N2O. The van der Waals surface area contributed by atoms with Crippen LogP contribution in [0.5, 0.6) is 0 Å². The minimum Gasteiger partial charge on any atom is -0.379 e. The summed E-state index contributed by atoms with van der Waals surface area (Å²) in [5.41, 5.74) is 0.233. The van der Waals surface area contributed by atoms with Gasteiger partial charge in [-0.05, 0) is 20.4 Å². The molecular weight excluding hydrogens is 140 g/mol. The number of likely N-dealkylation sites (N-methyl/N-ethyl adjacent to an activating group) is 1. The molecule has 1 fully saturated rings. The zero-order valence-corrected chi connectivity index (χ0v) is 7.44. The maximum absolute atomic E-state index is 5.31. The largest absolute Gasteiger partial charge is 0.379 e. The van der Waals surface area contributed by atoms with Crippen molar-refractivity contribution in [3.05, 3.63) is 0 Å². The van der Waals surface area contributed by atoms with Crippen LogP contribution in [0, 0.1) is 0 Å². The molecule has 0 radical (unpaired) electrons. The topological polar surface area (TPSA) is 33.3 Å². The van der Waals surface area contributed by atoms with Crippen LogP contribution in [0.25, 0.3) is 0 Å². The first-order chi connectivity index (χ1) is 5.27. The molecule has 11 heavy (non-hydrogen) atoms. The molecule has 1 aliphatic heterocycles. The molecule has 0 aromatic heterocycles. The molecule has 1 unspecified atom stereocenters. The molecule has 0 bridgehead atoms. The van der Waals surface area contributed by atoms with Crippen LogP contribution in [0.3, 0.4) is 0 Å². The van der Waals surface area contributed by atoms with E-state index < -0.39 is 0 Å². The number of rotatable bonds is 4. The Kier molecular flexibility index (Phi) is 3.30. The predicted molar refractivity (Wildman–Crippen MR) is 45.8 cm³/mol. The van der Waals surface area contributed by atoms with Gasteiger partial charge in [-0.1, -0.05) is 0 Å². The fraction of sp³-hybridized carbons (Fsp3) is 1.00. The van der Waals surface area contributed by atoms with E-state index in [2.05, 4.69) is 17.6 Å². The van der Waals surface area contributed by atoms with Gasteiger partial charge in [0.2, 0.25) is 0 Å². The van der Waals surface area contributed by atoms with Crippen LogP contribution >= 0.6 is 0 Å². The minimum atomic E-state index is 0.233. The third-order valence-electron chi connectivity index (χ3n) is 2.15. The first-order valence-corrected chi connectivity index (χ1v) is 4.24. The van der Waals surface area contributed by atoms with E-state index in [1.807, 2.05) is 7.05 Å².